The van der Waals surface area contributed by atoms with Gasteiger partial charge in [-0.3, -0.25) is 4.79 Å². The number of nitrogens with zero attached hydrogens (tertiary/aromatic N) is 2. The third-order valence-corrected chi connectivity index (χ3v) is 2.75. The highest BCUT2D eigenvalue weighted by molar-refractivity contribution is 6.14. The van der Waals surface area contributed by atoms with Crippen molar-refractivity contribution in [3.8, 4) is 0 Å². The van der Waals surface area contributed by atoms with Crippen molar-refractivity contribution in [3.05, 3.63) is 24.3 Å². The molecule has 0 aromatic carbocycles. The van der Waals surface area contributed by atoms with Gasteiger partial charge in [-0.05, 0) is 13.8 Å². The third-order valence-electron chi connectivity index (χ3n) is 2.75. The summed E-state index contributed by atoms with van der Waals surface area (Å²) >= 11 is 0. The molecule has 3 aromatic heterocycles. The second kappa shape index (κ2) is 4.89. The van der Waals surface area contributed by atoms with Crippen LogP contribution in [0.2, 0.25) is 0 Å². The standard InChI is InChI=1S/C12H13N5O.ClH/c1-6(2)17-12(18)7-3-13-11-9(7)10-8(4-14-11)15-5-16-10;/h3-6H,1-2H3,(H,13,14)(H,15,16)(H,17,18);1H. The predicted molar refractivity (Wildman–Crippen MR) is 75.6 cm³/mol. The number of rotatable bonds is 2. The molecule has 0 bridgehead atoms. The molecule has 100 valence electrons. The number of aromatic nitrogens is 4. The van der Waals surface area contributed by atoms with Crippen LogP contribution in [0.3, 0.4) is 0 Å². The highest BCUT2D eigenvalue weighted by Gasteiger charge is 2.16. The molecule has 0 atom stereocenters. The van der Waals surface area contributed by atoms with Crippen molar-refractivity contribution in [2.75, 3.05) is 0 Å². The minimum Gasteiger partial charge on any atom is -0.350 e. The molecular weight excluding hydrogens is 266 g/mol. The van der Waals surface area contributed by atoms with Crippen molar-refractivity contribution in [2.24, 2.45) is 0 Å². The Labute approximate surface area is 115 Å². The summed E-state index contributed by atoms with van der Waals surface area (Å²) < 4.78 is 0. The van der Waals surface area contributed by atoms with Gasteiger partial charge in [-0.1, -0.05) is 0 Å². The van der Waals surface area contributed by atoms with Gasteiger partial charge in [0, 0.05) is 12.2 Å². The molecule has 0 aliphatic heterocycles. The maximum atomic E-state index is 12.1. The van der Waals surface area contributed by atoms with Crippen LogP contribution < -0.4 is 5.32 Å². The number of amides is 1. The molecule has 3 aromatic rings. The van der Waals surface area contributed by atoms with E-state index in [2.05, 4.69) is 25.3 Å². The number of carbonyl (C=O) groups is 1. The third kappa shape index (κ3) is 2.15. The van der Waals surface area contributed by atoms with E-state index in [4.69, 9.17) is 0 Å². The largest absolute Gasteiger partial charge is 0.350 e. The zero-order valence-electron chi connectivity index (χ0n) is 10.5. The highest BCUT2D eigenvalue weighted by atomic mass is 35.5. The van der Waals surface area contributed by atoms with Crippen molar-refractivity contribution >= 4 is 40.4 Å². The predicted octanol–water partition coefficient (Wildman–Crippen LogP) is 2.00. The van der Waals surface area contributed by atoms with E-state index < -0.39 is 0 Å². The van der Waals surface area contributed by atoms with E-state index in [-0.39, 0.29) is 24.4 Å². The number of pyridine rings is 1. The normalized spacial score (nSPS) is 10.9. The Morgan fingerprint density at radius 3 is 2.84 bits per heavy atom. The van der Waals surface area contributed by atoms with Crippen LogP contribution in [0.15, 0.2) is 18.7 Å². The number of hydrogen-bond donors (Lipinski definition) is 3. The van der Waals surface area contributed by atoms with Crippen molar-refractivity contribution in [1.29, 1.82) is 0 Å². The molecule has 0 unspecified atom stereocenters. The van der Waals surface area contributed by atoms with E-state index in [0.29, 0.717) is 11.2 Å². The quantitative estimate of drug-likeness (QED) is 0.670. The first-order valence-electron chi connectivity index (χ1n) is 5.77. The summed E-state index contributed by atoms with van der Waals surface area (Å²) in [6.45, 7) is 3.85. The van der Waals surface area contributed by atoms with Gasteiger partial charge in [0.1, 0.15) is 11.2 Å². The van der Waals surface area contributed by atoms with E-state index in [9.17, 15) is 4.79 Å². The van der Waals surface area contributed by atoms with Crippen molar-refractivity contribution in [2.45, 2.75) is 19.9 Å². The van der Waals surface area contributed by atoms with Crippen molar-refractivity contribution < 1.29 is 4.79 Å². The molecule has 0 radical (unpaired) electrons. The van der Waals surface area contributed by atoms with Crippen molar-refractivity contribution in [1.82, 2.24) is 25.3 Å². The monoisotopic (exact) mass is 279 g/mol. The van der Waals surface area contributed by atoms with E-state index in [1.54, 1.807) is 18.7 Å². The summed E-state index contributed by atoms with van der Waals surface area (Å²) in [6.07, 6.45) is 4.97. The number of aromatic amines is 2. The summed E-state index contributed by atoms with van der Waals surface area (Å²) in [6, 6.07) is 0.0915. The minimum atomic E-state index is -0.117. The average molecular weight is 280 g/mol. The van der Waals surface area contributed by atoms with Crippen LogP contribution in [0.4, 0.5) is 0 Å². The van der Waals surface area contributed by atoms with Crippen LogP contribution in [-0.4, -0.2) is 31.9 Å². The number of fused-ring (bicyclic) bond motifs is 3. The average Bonchev–Trinajstić information content (AvgIpc) is 2.93. The Hall–Kier alpha value is -2.08. The highest BCUT2D eigenvalue weighted by Crippen LogP contribution is 2.23. The first-order valence-corrected chi connectivity index (χ1v) is 5.77. The molecule has 19 heavy (non-hydrogen) atoms. The molecule has 1 amide bonds. The summed E-state index contributed by atoms with van der Waals surface area (Å²) in [5.41, 5.74) is 2.82. The maximum Gasteiger partial charge on any atom is 0.253 e. The lowest BCUT2D eigenvalue weighted by Crippen LogP contribution is -2.29. The fourth-order valence-corrected chi connectivity index (χ4v) is 2.00. The molecule has 0 aliphatic carbocycles. The number of nitrogens with one attached hydrogen (secondary N) is 3. The number of imidazole rings is 1. The van der Waals surface area contributed by atoms with Gasteiger partial charge in [0.25, 0.3) is 5.91 Å². The lowest BCUT2D eigenvalue weighted by molar-refractivity contribution is 0.0945. The number of carbonyl (C=O) groups excluding carboxylic acids is 1. The number of H-pyrrole nitrogens is 2. The molecule has 3 heterocycles. The van der Waals surface area contributed by atoms with E-state index >= 15 is 0 Å². The van der Waals surface area contributed by atoms with Crippen LogP contribution in [0, 0.1) is 0 Å². The first-order chi connectivity index (χ1) is 8.66. The summed E-state index contributed by atoms with van der Waals surface area (Å²) in [5, 5.41) is 3.63. The number of halogens is 1. The van der Waals surface area contributed by atoms with E-state index in [1.165, 1.54) is 0 Å². The Morgan fingerprint density at radius 1 is 1.32 bits per heavy atom. The summed E-state index contributed by atoms with van der Waals surface area (Å²) in [4.78, 5) is 26.6. The summed E-state index contributed by atoms with van der Waals surface area (Å²) in [7, 11) is 0. The van der Waals surface area contributed by atoms with Gasteiger partial charge in [0.05, 0.1) is 29.0 Å². The van der Waals surface area contributed by atoms with E-state index in [0.717, 1.165) is 16.4 Å². The van der Waals surface area contributed by atoms with Crippen LogP contribution >= 0.6 is 12.4 Å². The molecule has 0 saturated carbocycles. The van der Waals surface area contributed by atoms with Crippen LogP contribution in [0.5, 0.6) is 0 Å². The molecule has 0 saturated heterocycles. The molecule has 6 nitrogen and oxygen atoms in total. The van der Waals surface area contributed by atoms with Crippen LogP contribution in [0.25, 0.3) is 22.1 Å². The SMILES string of the molecule is CC(C)NC(=O)c1c[nH]c2ncc3[nH]cnc3c12.Cl. The summed E-state index contributed by atoms with van der Waals surface area (Å²) in [5.74, 6) is -0.117. The zero-order chi connectivity index (χ0) is 12.7. The van der Waals surface area contributed by atoms with Gasteiger partial charge < -0.3 is 15.3 Å². The second-order valence-corrected chi connectivity index (χ2v) is 4.48. The van der Waals surface area contributed by atoms with Gasteiger partial charge in [-0.25, -0.2) is 9.97 Å². The van der Waals surface area contributed by atoms with Gasteiger partial charge in [-0.15, -0.1) is 12.4 Å². The molecule has 0 fully saturated rings. The smallest absolute Gasteiger partial charge is 0.253 e. The van der Waals surface area contributed by atoms with Crippen molar-refractivity contribution in [3.63, 3.8) is 0 Å². The molecule has 0 aliphatic rings. The Kier molecular flexibility index (Phi) is 3.44. The van der Waals surface area contributed by atoms with Gasteiger partial charge in [-0.2, -0.15) is 0 Å². The van der Waals surface area contributed by atoms with Crippen LogP contribution in [-0.2, 0) is 0 Å². The Balaban J connectivity index is 0.00000133. The fourth-order valence-electron chi connectivity index (χ4n) is 2.00. The lowest BCUT2D eigenvalue weighted by Gasteiger charge is -2.06. The second-order valence-electron chi connectivity index (χ2n) is 4.48. The topological polar surface area (TPSA) is 86.5 Å². The molecule has 3 rings (SSSR count). The molecule has 0 spiro atoms. The maximum absolute atomic E-state index is 12.1. The zero-order valence-corrected chi connectivity index (χ0v) is 11.3. The Morgan fingerprint density at radius 2 is 2.11 bits per heavy atom. The fraction of sp³-hybridized carbons (Fsp3) is 0.250. The van der Waals surface area contributed by atoms with Crippen LogP contribution in [0.1, 0.15) is 24.2 Å². The molecular formula is C12H14ClN5O. The molecule has 3 N–H and O–H groups in total. The van der Waals surface area contributed by atoms with Gasteiger partial charge in [0.15, 0.2) is 0 Å². The minimum absolute atomic E-state index is 0. The molecule has 7 heteroatoms. The van der Waals surface area contributed by atoms with Gasteiger partial charge in [0.2, 0.25) is 0 Å². The first kappa shape index (κ1) is 13.4. The Bertz CT molecular complexity index is 730. The lowest BCUT2D eigenvalue weighted by atomic mass is 10.2. The van der Waals surface area contributed by atoms with E-state index in [1.807, 2.05) is 13.8 Å². The van der Waals surface area contributed by atoms with Gasteiger partial charge >= 0.3 is 0 Å². The number of hydrogen-bond acceptors (Lipinski definition) is 3.